The molecule has 0 atom stereocenters. The van der Waals surface area contributed by atoms with Gasteiger partial charge in [0, 0.05) is 10.6 Å². The monoisotopic (exact) mass is 449 g/mol. The number of sulfonamides is 1. The van der Waals surface area contributed by atoms with E-state index in [-0.39, 0.29) is 20.9 Å². The normalized spacial score (nSPS) is 12.0. The van der Waals surface area contributed by atoms with Crippen molar-refractivity contribution < 1.29 is 18.3 Å². The average molecular weight is 450 g/mol. The summed E-state index contributed by atoms with van der Waals surface area (Å²) in [5, 5.41) is 11.3. The van der Waals surface area contributed by atoms with Gasteiger partial charge in [0.05, 0.1) is 10.6 Å². The highest BCUT2D eigenvalue weighted by Crippen LogP contribution is 2.35. The number of carboxylic acid groups (broad SMARTS) is 1. The fraction of sp³-hybridized carbons (Fsp3) is 0.190. The molecule has 3 rings (SSSR count). The average Bonchev–Trinajstić information content (AvgIpc) is 3.08. The molecule has 0 saturated carbocycles. The minimum absolute atomic E-state index is 0.0412. The molecule has 0 spiro atoms. The van der Waals surface area contributed by atoms with E-state index in [1.54, 1.807) is 36.4 Å². The van der Waals surface area contributed by atoms with Crippen LogP contribution in [-0.2, 0) is 15.4 Å². The zero-order valence-electron chi connectivity index (χ0n) is 16.1. The van der Waals surface area contributed by atoms with Crippen LogP contribution >= 0.6 is 22.9 Å². The molecule has 0 aliphatic heterocycles. The van der Waals surface area contributed by atoms with E-state index in [1.807, 2.05) is 26.8 Å². The van der Waals surface area contributed by atoms with Crippen LogP contribution in [0.2, 0.25) is 5.02 Å². The summed E-state index contributed by atoms with van der Waals surface area (Å²) < 4.78 is 28.8. The van der Waals surface area contributed by atoms with Crippen LogP contribution in [0.4, 0.5) is 5.69 Å². The number of aromatic carboxylic acids is 1. The van der Waals surface area contributed by atoms with Crippen molar-refractivity contribution in [3.63, 3.8) is 0 Å². The van der Waals surface area contributed by atoms with Crippen molar-refractivity contribution >= 4 is 44.6 Å². The second-order valence-corrected chi connectivity index (χ2v) is 10.5. The van der Waals surface area contributed by atoms with Gasteiger partial charge in [-0.2, -0.15) is 0 Å². The quantitative estimate of drug-likeness (QED) is 0.510. The molecule has 0 fully saturated rings. The van der Waals surface area contributed by atoms with Gasteiger partial charge in [0.1, 0.15) is 4.88 Å². The number of carboxylic acids is 1. The molecule has 0 aliphatic rings. The van der Waals surface area contributed by atoms with Gasteiger partial charge < -0.3 is 5.11 Å². The Morgan fingerprint density at radius 3 is 2.45 bits per heavy atom. The highest BCUT2D eigenvalue weighted by molar-refractivity contribution is 7.92. The van der Waals surface area contributed by atoms with Gasteiger partial charge in [-0.15, -0.1) is 11.3 Å². The molecule has 8 heteroatoms. The second kappa shape index (κ2) is 7.82. The molecule has 152 valence electrons. The highest BCUT2D eigenvalue weighted by atomic mass is 35.5. The van der Waals surface area contributed by atoms with Gasteiger partial charge >= 0.3 is 5.97 Å². The third-order valence-electron chi connectivity index (χ3n) is 4.37. The summed E-state index contributed by atoms with van der Waals surface area (Å²) in [5.74, 6) is -1.18. The predicted molar refractivity (Wildman–Crippen MR) is 118 cm³/mol. The lowest BCUT2D eigenvalue weighted by Gasteiger charge is -2.22. The summed E-state index contributed by atoms with van der Waals surface area (Å²) >= 11 is 7.09. The molecule has 1 heterocycles. The first kappa shape index (κ1) is 21.4. The van der Waals surface area contributed by atoms with Crippen molar-refractivity contribution in [2.24, 2.45) is 0 Å². The molecule has 0 aliphatic carbocycles. The first-order valence-electron chi connectivity index (χ1n) is 8.73. The van der Waals surface area contributed by atoms with Gasteiger partial charge in [0.15, 0.2) is 0 Å². The Balaban J connectivity index is 2.17. The standard InChI is InChI=1S/C21H20ClNO4S2/c1-21(2,3)14-7-8-18(16(12-14)13-5-4-6-15(22)11-13)29(26,27)23-17-9-10-28-19(17)20(24)25/h4-12,23H,1-3H3,(H,24,25). The van der Waals surface area contributed by atoms with Crippen molar-refractivity contribution in [2.75, 3.05) is 4.72 Å². The summed E-state index contributed by atoms with van der Waals surface area (Å²) in [6, 6.07) is 13.6. The smallest absolute Gasteiger partial charge is 0.348 e. The fourth-order valence-corrected chi connectivity index (χ4v) is 5.09. The van der Waals surface area contributed by atoms with E-state index in [4.69, 9.17) is 11.6 Å². The molecule has 2 aromatic carbocycles. The van der Waals surface area contributed by atoms with Crippen LogP contribution in [-0.4, -0.2) is 19.5 Å². The van der Waals surface area contributed by atoms with Crippen molar-refractivity contribution in [1.29, 1.82) is 0 Å². The van der Waals surface area contributed by atoms with Gasteiger partial charge in [-0.3, -0.25) is 4.72 Å². The fourth-order valence-electron chi connectivity index (χ4n) is 2.87. The Bertz CT molecular complexity index is 1180. The van der Waals surface area contributed by atoms with Gasteiger partial charge in [-0.1, -0.05) is 50.6 Å². The summed E-state index contributed by atoms with van der Waals surface area (Å²) in [5.41, 5.74) is 1.98. The molecule has 29 heavy (non-hydrogen) atoms. The minimum atomic E-state index is -4.04. The van der Waals surface area contributed by atoms with E-state index >= 15 is 0 Å². The lowest BCUT2D eigenvalue weighted by Crippen LogP contribution is -2.17. The molecule has 5 nitrogen and oxygen atoms in total. The van der Waals surface area contributed by atoms with Crippen molar-refractivity contribution in [3.8, 4) is 11.1 Å². The number of hydrogen-bond acceptors (Lipinski definition) is 4. The molecule has 2 N–H and O–H groups in total. The van der Waals surface area contributed by atoms with Crippen LogP contribution in [0, 0.1) is 0 Å². The van der Waals surface area contributed by atoms with E-state index in [0.717, 1.165) is 16.9 Å². The van der Waals surface area contributed by atoms with E-state index in [1.165, 1.54) is 11.4 Å². The van der Waals surface area contributed by atoms with Crippen molar-refractivity contribution in [1.82, 2.24) is 0 Å². The van der Waals surface area contributed by atoms with Gasteiger partial charge in [0.25, 0.3) is 10.0 Å². The van der Waals surface area contributed by atoms with E-state index in [9.17, 15) is 18.3 Å². The highest BCUT2D eigenvalue weighted by Gasteiger charge is 2.25. The Labute approximate surface area is 179 Å². The summed E-state index contributed by atoms with van der Waals surface area (Å²) in [6.45, 7) is 6.13. The number of thiophene rings is 1. The maximum atomic E-state index is 13.2. The molecule has 0 bridgehead atoms. The predicted octanol–water partition coefficient (Wildman–Crippen LogP) is 5.87. The Morgan fingerprint density at radius 2 is 1.83 bits per heavy atom. The van der Waals surface area contributed by atoms with E-state index in [0.29, 0.717) is 16.1 Å². The molecule has 0 saturated heterocycles. The van der Waals surface area contributed by atoms with E-state index in [2.05, 4.69) is 4.72 Å². The summed E-state index contributed by atoms with van der Waals surface area (Å²) in [7, 11) is -4.04. The molecular formula is C21H20ClNO4S2. The zero-order chi connectivity index (χ0) is 21.4. The van der Waals surface area contributed by atoms with Gasteiger partial charge in [0.2, 0.25) is 0 Å². The number of nitrogens with one attached hydrogen (secondary N) is 1. The van der Waals surface area contributed by atoms with Crippen molar-refractivity contribution in [2.45, 2.75) is 31.1 Å². The summed E-state index contributed by atoms with van der Waals surface area (Å²) in [4.78, 5) is 11.3. The molecule has 0 radical (unpaired) electrons. The number of carbonyl (C=O) groups is 1. The Morgan fingerprint density at radius 1 is 1.10 bits per heavy atom. The Kier molecular flexibility index (Phi) is 5.76. The molecule has 0 unspecified atom stereocenters. The number of rotatable bonds is 5. The van der Waals surface area contributed by atoms with E-state index < -0.39 is 16.0 Å². The van der Waals surface area contributed by atoms with Crippen LogP contribution in [0.15, 0.2) is 58.8 Å². The third kappa shape index (κ3) is 4.63. The number of hydrogen-bond donors (Lipinski definition) is 2. The molecule has 0 amide bonds. The minimum Gasteiger partial charge on any atom is -0.477 e. The first-order valence-corrected chi connectivity index (χ1v) is 11.5. The Hall–Kier alpha value is -2.35. The largest absolute Gasteiger partial charge is 0.477 e. The topological polar surface area (TPSA) is 83.5 Å². The number of halogens is 1. The van der Waals surface area contributed by atoms with Crippen LogP contribution in [0.5, 0.6) is 0 Å². The maximum absolute atomic E-state index is 13.2. The van der Waals surface area contributed by atoms with Crippen molar-refractivity contribution in [3.05, 3.63) is 69.4 Å². The number of benzene rings is 2. The SMILES string of the molecule is CC(C)(C)c1ccc(S(=O)(=O)Nc2ccsc2C(=O)O)c(-c2cccc(Cl)c2)c1. The third-order valence-corrected chi connectivity index (χ3v) is 6.94. The lowest BCUT2D eigenvalue weighted by atomic mass is 9.85. The van der Waals surface area contributed by atoms with Crippen LogP contribution in [0.1, 0.15) is 36.0 Å². The molecule has 1 aromatic heterocycles. The van der Waals surface area contributed by atoms with Gasteiger partial charge in [-0.05, 0) is 52.3 Å². The summed E-state index contributed by atoms with van der Waals surface area (Å²) in [6.07, 6.45) is 0. The maximum Gasteiger partial charge on any atom is 0.348 e. The molecule has 3 aromatic rings. The lowest BCUT2D eigenvalue weighted by molar-refractivity contribution is 0.0703. The van der Waals surface area contributed by atoms with Crippen LogP contribution < -0.4 is 4.72 Å². The zero-order valence-corrected chi connectivity index (χ0v) is 18.5. The second-order valence-electron chi connectivity index (χ2n) is 7.55. The van der Waals surface area contributed by atoms with Gasteiger partial charge in [-0.25, -0.2) is 13.2 Å². The van der Waals surface area contributed by atoms with Crippen LogP contribution in [0.3, 0.4) is 0 Å². The van der Waals surface area contributed by atoms with Crippen LogP contribution in [0.25, 0.3) is 11.1 Å². The molecular weight excluding hydrogens is 430 g/mol. The number of anilines is 1. The first-order chi connectivity index (χ1) is 13.5.